The van der Waals surface area contributed by atoms with Gasteiger partial charge in [-0.25, -0.2) is 13.1 Å². The van der Waals surface area contributed by atoms with E-state index in [1.165, 1.54) is 12.1 Å². The Balaban J connectivity index is 1.39. The number of benzene rings is 3. The molecule has 1 fully saturated rings. The number of halogens is 2. The number of hydrogen-bond donors (Lipinski definition) is 2. The third kappa shape index (κ3) is 7.16. The second-order valence-corrected chi connectivity index (χ2v) is 13.0. The first-order valence-corrected chi connectivity index (χ1v) is 16.2. The third-order valence-electron chi connectivity index (χ3n) is 7.58. The van der Waals surface area contributed by atoms with Crippen LogP contribution in [0.1, 0.15) is 21.6 Å². The fourth-order valence-electron chi connectivity index (χ4n) is 5.29. The Bertz CT molecular complexity index is 1800. The minimum absolute atomic E-state index is 0.149. The average Bonchev–Trinajstić information content (AvgIpc) is 3.27. The van der Waals surface area contributed by atoms with Gasteiger partial charge in [0, 0.05) is 59.7 Å². The molecular formula is C30H31Cl2N5O6S. The van der Waals surface area contributed by atoms with Gasteiger partial charge in [0.25, 0.3) is 21.6 Å². The summed E-state index contributed by atoms with van der Waals surface area (Å²) in [5.74, 6) is -0.860. The molecule has 1 amide bonds. The first kappa shape index (κ1) is 31.7. The van der Waals surface area contributed by atoms with Crippen LogP contribution in [0.4, 0.5) is 11.4 Å². The van der Waals surface area contributed by atoms with Crippen molar-refractivity contribution in [3.63, 3.8) is 0 Å². The van der Waals surface area contributed by atoms with Crippen molar-refractivity contribution in [1.82, 2.24) is 14.2 Å². The van der Waals surface area contributed by atoms with E-state index < -0.39 is 31.4 Å². The van der Waals surface area contributed by atoms with E-state index >= 15 is 0 Å². The number of aryl methyl sites for hydroxylation is 3. The molecule has 4 aromatic rings. The number of amides is 1. The van der Waals surface area contributed by atoms with Gasteiger partial charge in [-0.1, -0.05) is 35.3 Å². The first-order chi connectivity index (χ1) is 21.0. The van der Waals surface area contributed by atoms with Crippen LogP contribution >= 0.6 is 23.2 Å². The summed E-state index contributed by atoms with van der Waals surface area (Å²) in [6, 6.07) is 16.1. The highest BCUT2D eigenvalue weighted by atomic mass is 35.5. The van der Waals surface area contributed by atoms with E-state index in [2.05, 4.69) is 14.9 Å². The normalized spacial score (nSPS) is 14.1. The number of ether oxygens (including phenoxy) is 1. The van der Waals surface area contributed by atoms with Crippen LogP contribution in [-0.4, -0.2) is 68.1 Å². The molecule has 0 radical (unpaired) electrons. The van der Waals surface area contributed by atoms with Crippen molar-refractivity contribution in [3.8, 4) is 0 Å². The van der Waals surface area contributed by atoms with E-state index in [9.17, 15) is 23.3 Å². The number of anilines is 1. The van der Waals surface area contributed by atoms with E-state index in [4.69, 9.17) is 27.9 Å². The number of sulfonamides is 1. The number of nitro benzene ring substituents is 1. The van der Waals surface area contributed by atoms with Crippen LogP contribution in [0.5, 0.6) is 0 Å². The molecule has 0 saturated carbocycles. The lowest BCUT2D eigenvalue weighted by Crippen LogP contribution is -2.39. The summed E-state index contributed by atoms with van der Waals surface area (Å²) >= 11 is 12.3. The largest absolute Gasteiger partial charge is 0.379 e. The van der Waals surface area contributed by atoms with Gasteiger partial charge in [-0.2, -0.15) is 0 Å². The Labute approximate surface area is 264 Å². The smallest absolute Gasteiger partial charge is 0.293 e. The summed E-state index contributed by atoms with van der Waals surface area (Å²) < 4.78 is 36.0. The number of nitrogens with zero attached hydrogens (tertiary/aromatic N) is 3. The van der Waals surface area contributed by atoms with Crippen LogP contribution in [0.25, 0.3) is 10.9 Å². The van der Waals surface area contributed by atoms with Crippen molar-refractivity contribution >= 4 is 61.4 Å². The Morgan fingerprint density at radius 1 is 1.00 bits per heavy atom. The van der Waals surface area contributed by atoms with Crippen LogP contribution < -0.4 is 10.0 Å². The monoisotopic (exact) mass is 659 g/mol. The maximum absolute atomic E-state index is 13.6. The molecule has 5 rings (SSSR count). The summed E-state index contributed by atoms with van der Waals surface area (Å²) in [4.78, 5) is 26.6. The van der Waals surface area contributed by atoms with Gasteiger partial charge in [0.05, 0.1) is 23.0 Å². The second-order valence-electron chi connectivity index (χ2n) is 10.4. The van der Waals surface area contributed by atoms with Gasteiger partial charge in [0.1, 0.15) is 11.4 Å². The molecule has 1 aromatic heterocycles. The number of aromatic nitrogens is 1. The molecule has 0 spiro atoms. The summed E-state index contributed by atoms with van der Waals surface area (Å²) in [7, 11) is -4.48. The summed E-state index contributed by atoms with van der Waals surface area (Å²) in [5.41, 5.74) is 2.17. The Kier molecular flexibility index (Phi) is 9.76. The molecule has 11 nitrogen and oxygen atoms in total. The zero-order valence-corrected chi connectivity index (χ0v) is 26.2. The van der Waals surface area contributed by atoms with Crippen LogP contribution in [0.2, 0.25) is 10.0 Å². The molecule has 0 aliphatic carbocycles. The number of carbonyl (C=O) groups is 1. The number of morpholine rings is 1. The maximum atomic E-state index is 13.6. The van der Waals surface area contributed by atoms with E-state index in [-0.39, 0.29) is 11.4 Å². The highest BCUT2D eigenvalue weighted by Crippen LogP contribution is 2.31. The predicted molar refractivity (Wildman–Crippen MR) is 170 cm³/mol. The van der Waals surface area contributed by atoms with Crippen LogP contribution in [-0.2, 0) is 27.7 Å². The molecule has 2 heterocycles. The van der Waals surface area contributed by atoms with Gasteiger partial charge in [0.15, 0.2) is 0 Å². The van der Waals surface area contributed by atoms with Crippen molar-refractivity contribution in [3.05, 3.63) is 97.6 Å². The number of nitrogens with one attached hydrogen (secondary N) is 2. The molecule has 0 bridgehead atoms. The minimum Gasteiger partial charge on any atom is -0.379 e. The highest BCUT2D eigenvalue weighted by molar-refractivity contribution is 7.90. The molecule has 0 atom stereocenters. The number of nitro groups is 1. The molecule has 232 valence electrons. The van der Waals surface area contributed by atoms with Gasteiger partial charge >= 0.3 is 0 Å². The zero-order chi connectivity index (χ0) is 31.4. The molecule has 44 heavy (non-hydrogen) atoms. The summed E-state index contributed by atoms with van der Waals surface area (Å²) in [6.45, 7) is 5.97. The molecule has 1 aliphatic heterocycles. The fraction of sp³-hybridized carbons (Fsp3) is 0.300. The van der Waals surface area contributed by atoms with E-state index in [1.807, 2.05) is 12.1 Å². The third-order valence-corrected chi connectivity index (χ3v) is 9.40. The van der Waals surface area contributed by atoms with Gasteiger partial charge in [-0.15, -0.1) is 0 Å². The van der Waals surface area contributed by atoms with Crippen LogP contribution in [0, 0.1) is 17.0 Å². The average molecular weight is 661 g/mol. The lowest BCUT2D eigenvalue weighted by atomic mass is 10.1. The van der Waals surface area contributed by atoms with Crippen LogP contribution in [0.15, 0.2) is 65.6 Å². The lowest BCUT2D eigenvalue weighted by molar-refractivity contribution is -0.384. The standard InChI is InChI=1S/C30H31Cl2N5O6S/c1-20-25-18-23(32)6-9-27(25)36(12-10-21-2-4-22(31)5-3-21)29(20)30(38)34-44(41,42)24-7-8-26(28(19-24)37(39)40)33-11-13-35-14-16-43-17-15-35/h2-9,18-19,33H,10-17H2,1H3,(H,34,38). The number of fused-ring (bicyclic) bond motifs is 1. The second kappa shape index (κ2) is 13.5. The van der Waals surface area contributed by atoms with E-state index in [1.54, 1.807) is 41.8 Å². The topological polar surface area (TPSA) is 136 Å². The van der Waals surface area contributed by atoms with E-state index in [0.717, 1.165) is 24.7 Å². The first-order valence-electron chi connectivity index (χ1n) is 14.0. The van der Waals surface area contributed by atoms with Gasteiger partial charge < -0.3 is 14.6 Å². The zero-order valence-electron chi connectivity index (χ0n) is 23.9. The SMILES string of the molecule is Cc1c(C(=O)NS(=O)(=O)c2ccc(NCCN3CCOCC3)c([N+](=O)[O-])c2)n(CCc2ccc(Cl)cc2)c2ccc(Cl)cc12. The number of rotatable bonds is 11. The number of hydrogen-bond acceptors (Lipinski definition) is 8. The van der Waals surface area contributed by atoms with Gasteiger partial charge in [-0.3, -0.25) is 19.8 Å². The summed E-state index contributed by atoms with van der Waals surface area (Å²) in [6.07, 6.45) is 0.544. The molecule has 2 N–H and O–H groups in total. The molecule has 0 unspecified atom stereocenters. The molecule has 14 heteroatoms. The van der Waals surface area contributed by atoms with Crippen LogP contribution in [0.3, 0.4) is 0 Å². The van der Waals surface area contributed by atoms with Crippen molar-refractivity contribution in [2.24, 2.45) is 0 Å². The van der Waals surface area contributed by atoms with Crippen molar-refractivity contribution in [2.45, 2.75) is 24.8 Å². The quantitative estimate of drug-likeness (QED) is 0.164. The van der Waals surface area contributed by atoms with Crippen molar-refractivity contribution < 1.29 is 22.9 Å². The van der Waals surface area contributed by atoms with Gasteiger partial charge in [-0.05, 0) is 66.9 Å². The Morgan fingerprint density at radius 3 is 2.41 bits per heavy atom. The van der Waals surface area contributed by atoms with Crippen molar-refractivity contribution in [1.29, 1.82) is 0 Å². The van der Waals surface area contributed by atoms with Gasteiger partial charge in [0.2, 0.25) is 0 Å². The molecule has 1 aliphatic rings. The van der Waals surface area contributed by atoms with E-state index in [0.29, 0.717) is 65.8 Å². The Morgan fingerprint density at radius 2 is 1.70 bits per heavy atom. The molecule has 3 aromatic carbocycles. The van der Waals surface area contributed by atoms with Crippen molar-refractivity contribution in [2.75, 3.05) is 44.7 Å². The number of carbonyl (C=O) groups excluding carboxylic acids is 1. The summed E-state index contributed by atoms with van der Waals surface area (Å²) in [5, 5.41) is 16.7. The molecular weight excluding hydrogens is 629 g/mol. The highest BCUT2D eigenvalue weighted by Gasteiger charge is 2.27. The maximum Gasteiger partial charge on any atom is 0.293 e. The Hall–Kier alpha value is -3.68. The fourth-order valence-corrected chi connectivity index (χ4v) is 6.56. The predicted octanol–water partition coefficient (Wildman–Crippen LogP) is 5.27. The minimum atomic E-state index is -4.48. The lowest BCUT2D eigenvalue weighted by Gasteiger charge is -2.26. The molecule has 1 saturated heterocycles.